The summed E-state index contributed by atoms with van der Waals surface area (Å²) in [5.41, 5.74) is 1.30. The molecule has 2 heterocycles. The Balaban J connectivity index is 1.55. The van der Waals surface area contributed by atoms with E-state index in [0.717, 1.165) is 5.56 Å². The molecule has 0 spiro atoms. The summed E-state index contributed by atoms with van der Waals surface area (Å²) >= 11 is 0. The number of hydrogen-bond acceptors (Lipinski definition) is 7. The standard InChI is InChI=1S/C26H27BN4O5/c1-17(2)14-23(27-35-22-11-7-6-10-19(22)26(34)36-27)31-24(32)20(15-18-8-4-3-5-9-18)30-25(33)21-16-28-12-13-29-21/h3-13,16-17,20,23H,14-15H2,1-2H3,(H,30,33)(H,31,32). The molecule has 3 aromatic rings. The highest BCUT2D eigenvalue weighted by atomic mass is 16.6. The number of para-hydroxylation sites is 1. The molecule has 0 aliphatic carbocycles. The third-order valence-electron chi connectivity index (χ3n) is 5.66. The highest BCUT2D eigenvalue weighted by Gasteiger charge is 2.43. The number of rotatable bonds is 9. The van der Waals surface area contributed by atoms with Crippen LogP contribution in [-0.4, -0.2) is 46.9 Å². The Bertz CT molecular complexity index is 1210. The maximum absolute atomic E-state index is 13.5. The SMILES string of the molecule is CC(C)CC(NC(=O)C(Cc1ccccc1)NC(=O)c1cnccn1)B1OC(=O)c2ccccc2O1. The fourth-order valence-electron chi connectivity index (χ4n) is 3.96. The molecule has 4 rings (SSSR count). The van der Waals surface area contributed by atoms with Gasteiger partial charge in [-0.05, 0) is 30.0 Å². The highest BCUT2D eigenvalue weighted by Crippen LogP contribution is 2.26. The number of benzene rings is 2. The Labute approximate surface area is 209 Å². The fraction of sp³-hybridized carbons (Fsp3) is 0.269. The lowest BCUT2D eigenvalue weighted by Crippen LogP contribution is -2.58. The van der Waals surface area contributed by atoms with E-state index in [2.05, 4.69) is 20.6 Å². The number of carbonyl (C=O) groups is 3. The summed E-state index contributed by atoms with van der Waals surface area (Å²) in [5, 5.41) is 5.72. The van der Waals surface area contributed by atoms with Gasteiger partial charge < -0.3 is 19.9 Å². The van der Waals surface area contributed by atoms with Crippen LogP contribution in [0.15, 0.2) is 73.2 Å². The van der Waals surface area contributed by atoms with E-state index in [1.807, 2.05) is 44.2 Å². The largest absolute Gasteiger partial charge is 0.620 e. The summed E-state index contributed by atoms with van der Waals surface area (Å²) in [6.45, 7) is 3.99. The second-order valence-electron chi connectivity index (χ2n) is 8.94. The van der Waals surface area contributed by atoms with Crippen molar-refractivity contribution in [2.75, 3.05) is 0 Å². The Morgan fingerprint density at radius 1 is 0.972 bits per heavy atom. The number of carbonyl (C=O) groups excluding carboxylic acids is 3. The van der Waals surface area contributed by atoms with Gasteiger partial charge in [0.25, 0.3) is 5.91 Å². The predicted octanol–water partition coefficient (Wildman–Crippen LogP) is 2.63. The Morgan fingerprint density at radius 2 is 1.72 bits per heavy atom. The molecule has 2 aromatic carbocycles. The van der Waals surface area contributed by atoms with Crippen molar-refractivity contribution in [1.29, 1.82) is 0 Å². The minimum absolute atomic E-state index is 0.100. The van der Waals surface area contributed by atoms with Gasteiger partial charge in [-0.15, -0.1) is 0 Å². The Kier molecular flexibility index (Phi) is 7.94. The molecule has 2 atom stereocenters. The second kappa shape index (κ2) is 11.5. The molecule has 2 N–H and O–H groups in total. The number of hydrogen-bond donors (Lipinski definition) is 2. The first kappa shape index (κ1) is 24.9. The van der Waals surface area contributed by atoms with Crippen LogP contribution < -0.4 is 15.3 Å². The third kappa shape index (κ3) is 6.27. The van der Waals surface area contributed by atoms with Crippen LogP contribution in [0.2, 0.25) is 0 Å². The van der Waals surface area contributed by atoms with Gasteiger partial charge in [0.1, 0.15) is 17.5 Å². The fourth-order valence-corrected chi connectivity index (χ4v) is 3.96. The van der Waals surface area contributed by atoms with Gasteiger partial charge in [-0.25, -0.2) is 9.78 Å². The van der Waals surface area contributed by atoms with Gasteiger partial charge in [-0.1, -0.05) is 56.3 Å². The van der Waals surface area contributed by atoms with Crippen molar-refractivity contribution in [3.63, 3.8) is 0 Å². The van der Waals surface area contributed by atoms with Crippen molar-refractivity contribution < 1.29 is 23.7 Å². The van der Waals surface area contributed by atoms with Crippen molar-refractivity contribution >= 4 is 24.9 Å². The van der Waals surface area contributed by atoms with Crippen LogP contribution in [-0.2, 0) is 15.9 Å². The first-order valence-electron chi connectivity index (χ1n) is 11.8. The number of fused-ring (bicyclic) bond motifs is 1. The highest BCUT2D eigenvalue weighted by molar-refractivity contribution is 6.51. The van der Waals surface area contributed by atoms with Gasteiger partial charge in [0, 0.05) is 18.8 Å². The molecule has 0 fully saturated rings. The van der Waals surface area contributed by atoms with Crippen molar-refractivity contribution in [1.82, 2.24) is 20.6 Å². The van der Waals surface area contributed by atoms with Crippen molar-refractivity contribution in [2.45, 2.75) is 38.7 Å². The lowest BCUT2D eigenvalue weighted by molar-refractivity contribution is -0.123. The molecule has 184 valence electrons. The molecule has 36 heavy (non-hydrogen) atoms. The molecule has 0 saturated heterocycles. The molecule has 0 saturated carbocycles. The van der Waals surface area contributed by atoms with Crippen LogP contribution in [0.1, 0.15) is 46.7 Å². The molecule has 10 heteroatoms. The summed E-state index contributed by atoms with van der Waals surface area (Å²) in [6.07, 6.45) is 4.95. The molecule has 2 unspecified atom stereocenters. The van der Waals surface area contributed by atoms with E-state index in [9.17, 15) is 14.4 Å². The van der Waals surface area contributed by atoms with Crippen LogP contribution in [0.3, 0.4) is 0 Å². The maximum Gasteiger partial charge on any atom is 0.620 e. The monoisotopic (exact) mass is 486 g/mol. The summed E-state index contributed by atoms with van der Waals surface area (Å²) in [6, 6.07) is 15.3. The minimum Gasteiger partial charge on any atom is -0.524 e. The van der Waals surface area contributed by atoms with Crippen LogP contribution in [0, 0.1) is 5.92 Å². The van der Waals surface area contributed by atoms with Gasteiger partial charge in [-0.2, -0.15) is 0 Å². The van der Waals surface area contributed by atoms with E-state index in [4.69, 9.17) is 9.31 Å². The molecule has 0 bridgehead atoms. The zero-order valence-electron chi connectivity index (χ0n) is 20.1. The van der Waals surface area contributed by atoms with E-state index < -0.39 is 36.9 Å². The average molecular weight is 486 g/mol. The maximum atomic E-state index is 13.5. The topological polar surface area (TPSA) is 120 Å². The molecule has 0 radical (unpaired) electrons. The molecule has 1 aliphatic heterocycles. The molecule has 9 nitrogen and oxygen atoms in total. The smallest absolute Gasteiger partial charge is 0.524 e. The Morgan fingerprint density at radius 3 is 2.44 bits per heavy atom. The van der Waals surface area contributed by atoms with E-state index in [1.54, 1.807) is 24.3 Å². The Hall–Kier alpha value is -4.21. The van der Waals surface area contributed by atoms with Crippen LogP contribution in [0.5, 0.6) is 5.75 Å². The number of aromatic nitrogens is 2. The van der Waals surface area contributed by atoms with E-state index in [1.165, 1.54) is 18.6 Å². The quantitative estimate of drug-likeness (QED) is 0.447. The first-order valence-corrected chi connectivity index (χ1v) is 11.8. The zero-order chi connectivity index (χ0) is 25.5. The number of amides is 2. The summed E-state index contributed by atoms with van der Waals surface area (Å²) in [5.74, 6) is -1.53. The van der Waals surface area contributed by atoms with Gasteiger partial charge in [-0.3, -0.25) is 14.6 Å². The average Bonchev–Trinajstić information content (AvgIpc) is 2.88. The van der Waals surface area contributed by atoms with Gasteiger partial charge >= 0.3 is 13.1 Å². The van der Waals surface area contributed by atoms with Crippen molar-refractivity contribution in [2.24, 2.45) is 5.92 Å². The summed E-state index contributed by atoms with van der Waals surface area (Å²) < 4.78 is 11.5. The molecule has 1 aromatic heterocycles. The van der Waals surface area contributed by atoms with Gasteiger partial charge in [0.05, 0.1) is 17.7 Å². The lowest BCUT2D eigenvalue weighted by Gasteiger charge is -2.30. The second-order valence-corrected chi connectivity index (χ2v) is 8.94. The number of nitrogens with one attached hydrogen (secondary N) is 2. The molecule has 1 aliphatic rings. The zero-order valence-corrected chi connectivity index (χ0v) is 20.1. The lowest BCUT2D eigenvalue weighted by atomic mass is 9.72. The van der Waals surface area contributed by atoms with Crippen LogP contribution in [0.25, 0.3) is 0 Å². The molecule has 2 amide bonds. The van der Waals surface area contributed by atoms with E-state index in [0.29, 0.717) is 17.7 Å². The third-order valence-corrected chi connectivity index (χ3v) is 5.66. The minimum atomic E-state index is -1.01. The van der Waals surface area contributed by atoms with Crippen molar-refractivity contribution in [3.8, 4) is 5.75 Å². The van der Waals surface area contributed by atoms with Crippen LogP contribution in [0.4, 0.5) is 0 Å². The van der Waals surface area contributed by atoms with Crippen LogP contribution >= 0.6 is 0 Å². The molecular weight excluding hydrogens is 459 g/mol. The van der Waals surface area contributed by atoms with Gasteiger partial charge in [0.15, 0.2) is 0 Å². The van der Waals surface area contributed by atoms with Gasteiger partial charge in [0.2, 0.25) is 5.91 Å². The predicted molar refractivity (Wildman–Crippen MR) is 133 cm³/mol. The summed E-state index contributed by atoms with van der Waals surface area (Å²) in [4.78, 5) is 46.8. The first-order chi connectivity index (χ1) is 17.4. The van der Waals surface area contributed by atoms with E-state index in [-0.39, 0.29) is 18.0 Å². The van der Waals surface area contributed by atoms with Crippen molar-refractivity contribution in [3.05, 3.63) is 90.0 Å². The molecular formula is C26H27BN4O5. The number of nitrogens with zero attached hydrogens (tertiary/aromatic N) is 2. The normalized spacial score (nSPS) is 14.2. The summed E-state index contributed by atoms with van der Waals surface area (Å²) in [7, 11) is -1.01. The van der Waals surface area contributed by atoms with E-state index >= 15 is 0 Å².